The van der Waals surface area contributed by atoms with Crippen molar-refractivity contribution in [1.82, 2.24) is 10.2 Å². The SMILES string of the molecule is CC1(C)C(=O)NCCN1C(=O)CNc1ccccc1. The average molecular weight is 261 g/mol. The fourth-order valence-electron chi connectivity index (χ4n) is 2.17. The molecule has 1 saturated heterocycles. The first-order valence-corrected chi connectivity index (χ1v) is 6.39. The third-order valence-electron chi connectivity index (χ3n) is 3.37. The fourth-order valence-corrected chi connectivity index (χ4v) is 2.17. The third-order valence-corrected chi connectivity index (χ3v) is 3.37. The van der Waals surface area contributed by atoms with Crippen molar-refractivity contribution >= 4 is 17.5 Å². The van der Waals surface area contributed by atoms with Crippen LogP contribution in [0.25, 0.3) is 0 Å². The normalized spacial score (nSPS) is 17.8. The molecule has 0 bridgehead atoms. The molecule has 19 heavy (non-hydrogen) atoms. The van der Waals surface area contributed by atoms with Gasteiger partial charge in [-0.25, -0.2) is 0 Å². The average Bonchev–Trinajstić information content (AvgIpc) is 2.40. The highest BCUT2D eigenvalue weighted by Gasteiger charge is 2.39. The van der Waals surface area contributed by atoms with Gasteiger partial charge in [0.1, 0.15) is 5.54 Å². The summed E-state index contributed by atoms with van der Waals surface area (Å²) in [6, 6.07) is 9.55. The first-order chi connectivity index (χ1) is 9.01. The van der Waals surface area contributed by atoms with E-state index in [0.29, 0.717) is 13.1 Å². The summed E-state index contributed by atoms with van der Waals surface area (Å²) in [4.78, 5) is 25.6. The van der Waals surface area contributed by atoms with Gasteiger partial charge in [-0.3, -0.25) is 9.59 Å². The summed E-state index contributed by atoms with van der Waals surface area (Å²) in [6.07, 6.45) is 0. The van der Waals surface area contributed by atoms with E-state index in [9.17, 15) is 9.59 Å². The van der Waals surface area contributed by atoms with Crippen LogP contribution in [0.4, 0.5) is 5.69 Å². The van der Waals surface area contributed by atoms with Gasteiger partial charge in [-0.05, 0) is 26.0 Å². The molecule has 0 radical (unpaired) electrons. The van der Waals surface area contributed by atoms with Gasteiger partial charge in [0.25, 0.3) is 0 Å². The maximum absolute atomic E-state index is 12.2. The second kappa shape index (κ2) is 5.30. The standard InChI is InChI=1S/C14H19N3O2/c1-14(2)13(19)15-8-9-17(14)12(18)10-16-11-6-4-3-5-7-11/h3-7,16H,8-10H2,1-2H3,(H,15,19). The van der Waals surface area contributed by atoms with Crippen LogP contribution in [0.5, 0.6) is 0 Å². The number of amides is 2. The molecule has 0 aromatic heterocycles. The summed E-state index contributed by atoms with van der Waals surface area (Å²) in [5.74, 6) is -0.171. The largest absolute Gasteiger partial charge is 0.376 e. The lowest BCUT2D eigenvalue weighted by Crippen LogP contribution is -2.64. The topological polar surface area (TPSA) is 61.4 Å². The van der Waals surface area contributed by atoms with E-state index in [1.807, 2.05) is 30.3 Å². The Balaban J connectivity index is 1.98. The lowest BCUT2D eigenvalue weighted by atomic mass is 9.99. The zero-order chi connectivity index (χ0) is 13.9. The maximum Gasteiger partial charge on any atom is 0.245 e. The molecule has 102 valence electrons. The molecule has 5 heteroatoms. The van der Waals surface area contributed by atoms with Crippen LogP contribution in [-0.2, 0) is 9.59 Å². The van der Waals surface area contributed by atoms with Crippen LogP contribution in [0, 0.1) is 0 Å². The number of anilines is 1. The number of nitrogens with zero attached hydrogens (tertiary/aromatic N) is 1. The lowest BCUT2D eigenvalue weighted by Gasteiger charge is -2.41. The van der Waals surface area contributed by atoms with E-state index < -0.39 is 5.54 Å². The molecule has 1 aliphatic rings. The van der Waals surface area contributed by atoms with Gasteiger partial charge >= 0.3 is 0 Å². The molecule has 1 heterocycles. The third kappa shape index (κ3) is 2.86. The molecular weight excluding hydrogens is 242 g/mol. The van der Waals surface area contributed by atoms with E-state index in [-0.39, 0.29) is 18.4 Å². The Kier molecular flexibility index (Phi) is 3.74. The smallest absolute Gasteiger partial charge is 0.245 e. The summed E-state index contributed by atoms with van der Waals surface area (Å²) in [7, 11) is 0. The predicted octanol–water partition coefficient (Wildman–Crippen LogP) is 0.835. The number of carbonyl (C=O) groups excluding carboxylic acids is 2. The number of rotatable bonds is 3. The number of piperazine rings is 1. The monoisotopic (exact) mass is 261 g/mol. The molecule has 2 amide bonds. The highest BCUT2D eigenvalue weighted by molar-refractivity contribution is 5.93. The van der Waals surface area contributed by atoms with Gasteiger partial charge in [-0.1, -0.05) is 18.2 Å². The molecule has 0 spiro atoms. The van der Waals surface area contributed by atoms with Crippen molar-refractivity contribution < 1.29 is 9.59 Å². The highest BCUT2D eigenvalue weighted by atomic mass is 16.2. The van der Waals surface area contributed by atoms with Gasteiger partial charge in [0.05, 0.1) is 6.54 Å². The van der Waals surface area contributed by atoms with Crippen LogP contribution in [0.15, 0.2) is 30.3 Å². The van der Waals surface area contributed by atoms with Crippen molar-refractivity contribution in [3.8, 4) is 0 Å². The minimum Gasteiger partial charge on any atom is -0.376 e. The number of benzene rings is 1. The van der Waals surface area contributed by atoms with Crippen LogP contribution in [0.3, 0.4) is 0 Å². The van der Waals surface area contributed by atoms with Crippen LogP contribution in [-0.4, -0.2) is 41.9 Å². The Morgan fingerprint density at radius 1 is 1.37 bits per heavy atom. The summed E-state index contributed by atoms with van der Waals surface area (Å²) in [5.41, 5.74) is 0.114. The molecule has 0 aliphatic carbocycles. The van der Waals surface area contributed by atoms with Gasteiger partial charge in [0, 0.05) is 18.8 Å². The van der Waals surface area contributed by atoms with Gasteiger partial charge in [0.15, 0.2) is 0 Å². The van der Waals surface area contributed by atoms with Crippen molar-refractivity contribution in [1.29, 1.82) is 0 Å². The number of hydrogen-bond donors (Lipinski definition) is 2. The maximum atomic E-state index is 12.2. The van der Waals surface area contributed by atoms with E-state index in [1.165, 1.54) is 0 Å². The van der Waals surface area contributed by atoms with Crippen molar-refractivity contribution in [3.05, 3.63) is 30.3 Å². The van der Waals surface area contributed by atoms with Gasteiger partial charge < -0.3 is 15.5 Å². The Morgan fingerprint density at radius 3 is 2.74 bits per heavy atom. The molecular formula is C14H19N3O2. The molecule has 0 atom stereocenters. The zero-order valence-corrected chi connectivity index (χ0v) is 11.3. The van der Waals surface area contributed by atoms with Crippen molar-refractivity contribution in [2.75, 3.05) is 25.0 Å². The Hall–Kier alpha value is -2.04. The quantitative estimate of drug-likeness (QED) is 0.847. The molecule has 0 saturated carbocycles. The second-order valence-electron chi connectivity index (χ2n) is 5.08. The minimum absolute atomic E-state index is 0.0660. The Labute approximate surface area is 113 Å². The molecule has 1 aromatic rings. The first kappa shape index (κ1) is 13.4. The summed E-state index contributed by atoms with van der Waals surface area (Å²) < 4.78 is 0. The van der Waals surface area contributed by atoms with Crippen molar-refractivity contribution in [2.24, 2.45) is 0 Å². The first-order valence-electron chi connectivity index (χ1n) is 6.39. The van der Waals surface area contributed by atoms with E-state index >= 15 is 0 Å². The van der Waals surface area contributed by atoms with Crippen LogP contribution >= 0.6 is 0 Å². The summed E-state index contributed by atoms with van der Waals surface area (Å²) in [5, 5.41) is 5.85. The molecule has 2 rings (SSSR count). The molecule has 1 fully saturated rings. The zero-order valence-electron chi connectivity index (χ0n) is 11.3. The van der Waals surface area contributed by atoms with E-state index in [0.717, 1.165) is 5.69 Å². The summed E-state index contributed by atoms with van der Waals surface area (Å²) in [6.45, 7) is 4.79. The molecule has 1 aliphatic heterocycles. The predicted molar refractivity (Wildman–Crippen MR) is 73.7 cm³/mol. The fraction of sp³-hybridized carbons (Fsp3) is 0.429. The van der Waals surface area contributed by atoms with Gasteiger partial charge in [-0.2, -0.15) is 0 Å². The van der Waals surface area contributed by atoms with Crippen LogP contribution < -0.4 is 10.6 Å². The molecule has 5 nitrogen and oxygen atoms in total. The molecule has 0 unspecified atom stereocenters. The number of para-hydroxylation sites is 1. The van der Waals surface area contributed by atoms with Crippen molar-refractivity contribution in [2.45, 2.75) is 19.4 Å². The Bertz CT molecular complexity index is 471. The van der Waals surface area contributed by atoms with Crippen LogP contribution in [0.1, 0.15) is 13.8 Å². The van der Waals surface area contributed by atoms with Gasteiger partial charge in [-0.15, -0.1) is 0 Å². The Morgan fingerprint density at radius 2 is 2.05 bits per heavy atom. The minimum atomic E-state index is -0.784. The number of nitrogens with one attached hydrogen (secondary N) is 2. The van der Waals surface area contributed by atoms with E-state index in [4.69, 9.17) is 0 Å². The lowest BCUT2D eigenvalue weighted by molar-refractivity contribution is -0.147. The summed E-state index contributed by atoms with van der Waals surface area (Å²) >= 11 is 0. The van der Waals surface area contributed by atoms with Crippen LogP contribution in [0.2, 0.25) is 0 Å². The highest BCUT2D eigenvalue weighted by Crippen LogP contribution is 2.17. The van der Waals surface area contributed by atoms with E-state index in [1.54, 1.807) is 18.7 Å². The van der Waals surface area contributed by atoms with Gasteiger partial charge in [0.2, 0.25) is 11.8 Å². The second-order valence-corrected chi connectivity index (χ2v) is 5.08. The number of hydrogen-bond acceptors (Lipinski definition) is 3. The molecule has 2 N–H and O–H groups in total. The molecule has 1 aromatic carbocycles. The van der Waals surface area contributed by atoms with Crippen molar-refractivity contribution in [3.63, 3.8) is 0 Å². The number of carbonyl (C=O) groups is 2. The van der Waals surface area contributed by atoms with E-state index in [2.05, 4.69) is 10.6 Å².